The van der Waals surface area contributed by atoms with Crippen molar-refractivity contribution in [3.63, 3.8) is 0 Å². The average molecular weight is 293 g/mol. The van der Waals surface area contributed by atoms with Crippen molar-refractivity contribution in [2.45, 2.75) is 91.1 Å². The van der Waals surface area contributed by atoms with Crippen LogP contribution in [0, 0.1) is 0 Å². The molecule has 0 aliphatic carbocycles. The third kappa shape index (κ3) is 9.73. The van der Waals surface area contributed by atoms with Crippen LogP contribution in [0.3, 0.4) is 0 Å². The lowest BCUT2D eigenvalue weighted by Gasteiger charge is -2.04. The molecule has 1 aromatic rings. The zero-order chi connectivity index (χ0) is 15.2. The molecule has 0 fully saturated rings. The molecule has 0 saturated heterocycles. The Labute approximate surface area is 132 Å². The summed E-state index contributed by atoms with van der Waals surface area (Å²) < 4.78 is 2.34. The van der Waals surface area contributed by atoms with E-state index in [1.54, 1.807) is 0 Å². The van der Waals surface area contributed by atoms with Crippen molar-refractivity contribution in [2.75, 3.05) is 6.54 Å². The van der Waals surface area contributed by atoms with Crippen LogP contribution in [-0.2, 0) is 13.1 Å². The minimum absolute atomic E-state index is 1.00. The summed E-state index contributed by atoms with van der Waals surface area (Å²) in [6.07, 6.45) is 18.6. The molecule has 21 heavy (non-hydrogen) atoms. The molecule has 2 nitrogen and oxygen atoms in total. The van der Waals surface area contributed by atoms with Crippen LogP contribution >= 0.6 is 0 Å². The number of hydrogen-bond donors (Lipinski definition) is 1. The van der Waals surface area contributed by atoms with Crippen LogP contribution in [-0.4, -0.2) is 11.1 Å². The van der Waals surface area contributed by atoms with Crippen LogP contribution < -0.4 is 5.32 Å². The second-order valence-electron chi connectivity index (χ2n) is 6.22. The van der Waals surface area contributed by atoms with Gasteiger partial charge in [-0.15, -0.1) is 0 Å². The highest BCUT2D eigenvalue weighted by Gasteiger charge is 1.97. The number of rotatable bonds is 14. The molecule has 122 valence electrons. The number of aromatic nitrogens is 1. The lowest BCUT2D eigenvalue weighted by molar-refractivity contribution is 0.535. The van der Waals surface area contributed by atoms with E-state index >= 15 is 0 Å². The van der Waals surface area contributed by atoms with Crippen molar-refractivity contribution in [1.29, 1.82) is 0 Å². The van der Waals surface area contributed by atoms with Crippen molar-refractivity contribution >= 4 is 0 Å². The van der Waals surface area contributed by atoms with Gasteiger partial charge in [0, 0.05) is 25.5 Å². The predicted octanol–water partition coefficient (Wildman–Crippen LogP) is 5.52. The van der Waals surface area contributed by atoms with E-state index in [2.05, 4.69) is 42.2 Å². The normalized spacial score (nSPS) is 11.1. The number of nitrogens with one attached hydrogen (secondary N) is 1. The third-order valence-corrected chi connectivity index (χ3v) is 4.16. The second kappa shape index (κ2) is 12.9. The van der Waals surface area contributed by atoms with Gasteiger partial charge in [-0.3, -0.25) is 0 Å². The minimum atomic E-state index is 1.00. The third-order valence-electron chi connectivity index (χ3n) is 4.16. The van der Waals surface area contributed by atoms with E-state index in [4.69, 9.17) is 0 Å². The zero-order valence-electron chi connectivity index (χ0n) is 14.4. The fourth-order valence-corrected chi connectivity index (χ4v) is 2.79. The van der Waals surface area contributed by atoms with Crippen LogP contribution in [0.1, 0.15) is 83.6 Å². The van der Waals surface area contributed by atoms with Crippen LogP contribution in [0.4, 0.5) is 0 Å². The van der Waals surface area contributed by atoms with Gasteiger partial charge in [0.1, 0.15) is 0 Å². The van der Waals surface area contributed by atoms with E-state index in [0.717, 1.165) is 13.1 Å². The Morgan fingerprint density at radius 2 is 1.48 bits per heavy atom. The summed E-state index contributed by atoms with van der Waals surface area (Å²) in [5.74, 6) is 0. The Bertz CT molecular complexity index is 330. The zero-order valence-corrected chi connectivity index (χ0v) is 14.4. The maximum atomic E-state index is 3.37. The minimum Gasteiger partial charge on any atom is -0.354 e. The SMILES string of the molecule is CCCCCCCCCCCCn1ccc(CNCC)c1. The molecule has 1 rings (SSSR count). The summed E-state index contributed by atoms with van der Waals surface area (Å²) in [5, 5.41) is 3.37. The van der Waals surface area contributed by atoms with Gasteiger partial charge in [-0.05, 0) is 24.6 Å². The summed E-state index contributed by atoms with van der Waals surface area (Å²) >= 11 is 0. The summed E-state index contributed by atoms with van der Waals surface area (Å²) in [7, 11) is 0. The van der Waals surface area contributed by atoms with E-state index in [-0.39, 0.29) is 0 Å². The molecule has 1 aromatic heterocycles. The highest BCUT2D eigenvalue weighted by molar-refractivity contribution is 5.09. The second-order valence-corrected chi connectivity index (χ2v) is 6.22. The van der Waals surface area contributed by atoms with E-state index in [0.29, 0.717) is 0 Å². The van der Waals surface area contributed by atoms with Gasteiger partial charge in [-0.25, -0.2) is 0 Å². The van der Waals surface area contributed by atoms with Gasteiger partial charge < -0.3 is 9.88 Å². The summed E-state index contributed by atoms with van der Waals surface area (Å²) in [4.78, 5) is 0. The topological polar surface area (TPSA) is 17.0 Å². The first-order valence-corrected chi connectivity index (χ1v) is 9.22. The highest BCUT2D eigenvalue weighted by Crippen LogP contribution is 2.11. The van der Waals surface area contributed by atoms with Crippen molar-refractivity contribution in [3.8, 4) is 0 Å². The van der Waals surface area contributed by atoms with Crippen LogP contribution in [0.2, 0.25) is 0 Å². The average Bonchev–Trinajstić information content (AvgIpc) is 2.95. The quantitative estimate of drug-likeness (QED) is 0.447. The molecule has 2 heteroatoms. The summed E-state index contributed by atoms with van der Waals surface area (Å²) in [5.41, 5.74) is 1.41. The van der Waals surface area contributed by atoms with Crippen LogP contribution in [0.5, 0.6) is 0 Å². The van der Waals surface area contributed by atoms with Gasteiger partial charge in [0.05, 0.1) is 0 Å². The maximum absolute atomic E-state index is 3.37. The summed E-state index contributed by atoms with van der Waals surface area (Å²) in [6.45, 7) is 7.67. The molecule has 0 aliphatic heterocycles. The molecule has 1 heterocycles. The molecule has 0 saturated carbocycles. The van der Waals surface area contributed by atoms with E-state index in [1.165, 1.54) is 76.3 Å². The predicted molar refractivity (Wildman–Crippen MR) is 93.7 cm³/mol. The van der Waals surface area contributed by atoms with Crippen molar-refractivity contribution in [1.82, 2.24) is 9.88 Å². The van der Waals surface area contributed by atoms with Crippen molar-refractivity contribution < 1.29 is 0 Å². The van der Waals surface area contributed by atoms with Gasteiger partial charge >= 0.3 is 0 Å². The lowest BCUT2D eigenvalue weighted by Crippen LogP contribution is -2.11. The molecule has 0 amide bonds. The molecule has 0 spiro atoms. The van der Waals surface area contributed by atoms with Crippen LogP contribution in [0.25, 0.3) is 0 Å². The first-order valence-electron chi connectivity index (χ1n) is 9.22. The van der Waals surface area contributed by atoms with Crippen LogP contribution in [0.15, 0.2) is 18.5 Å². The first-order chi connectivity index (χ1) is 10.4. The Kier molecular flexibility index (Phi) is 11.3. The monoisotopic (exact) mass is 292 g/mol. The van der Waals surface area contributed by atoms with Gasteiger partial charge in [-0.1, -0.05) is 71.6 Å². The molecular weight excluding hydrogens is 256 g/mol. The lowest BCUT2D eigenvalue weighted by atomic mass is 10.1. The van der Waals surface area contributed by atoms with E-state index in [9.17, 15) is 0 Å². The number of nitrogens with zero attached hydrogens (tertiary/aromatic N) is 1. The molecular formula is C19H36N2. The van der Waals surface area contributed by atoms with Gasteiger partial charge in [0.25, 0.3) is 0 Å². The Morgan fingerprint density at radius 3 is 2.10 bits per heavy atom. The molecule has 0 radical (unpaired) electrons. The largest absolute Gasteiger partial charge is 0.354 e. The molecule has 1 N–H and O–H groups in total. The van der Waals surface area contributed by atoms with E-state index in [1.807, 2.05) is 0 Å². The first kappa shape index (κ1) is 18.3. The van der Waals surface area contributed by atoms with Gasteiger partial charge in [0.15, 0.2) is 0 Å². The molecule has 0 unspecified atom stereocenters. The Morgan fingerprint density at radius 1 is 0.857 bits per heavy atom. The van der Waals surface area contributed by atoms with Crippen molar-refractivity contribution in [2.24, 2.45) is 0 Å². The Balaban J connectivity index is 1.91. The van der Waals surface area contributed by atoms with Gasteiger partial charge in [-0.2, -0.15) is 0 Å². The molecule has 0 aliphatic rings. The number of unbranched alkanes of at least 4 members (excludes halogenated alkanes) is 9. The Hall–Kier alpha value is -0.760. The molecule has 0 atom stereocenters. The fraction of sp³-hybridized carbons (Fsp3) is 0.789. The summed E-state index contributed by atoms with van der Waals surface area (Å²) in [6, 6.07) is 2.24. The molecule has 0 bridgehead atoms. The standard InChI is InChI=1S/C19H36N2/c1-3-5-6-7-8-9-10-11-12-13-15-21-16-14-19(18-21)17-20-4-2/h14,16,18,20H,3-13,15,17H2,1-2H3. The fourth-order valence-electron chi connectivity index (χ4n) is 2.79. The van der Waals surface area contributed by atoms with E-state index < -0.39 is 0 Å². The van der Waals surface area contributed by atoms with Crippen molar-refractivity contribution in [3.05, 3.63) is 24.0 Å². The molecule has 0 aromatic carbocycles. The number of hydrogen-bond acceptors (Lipinski definition) is 1. The highest BCUT2D eigenvalue weighted by atomic mass is 14.9. The maximum Gasteiger partial charge on any atom is 0.0220 e. The number of aryl methyl sites for hydroxylation is 1. The smallest absolute Gasteiger partial charge is 0.0220 e. The van der Waals surface area contributed by atoms with Gasteiger partial charge in [0.2, 0.25) is 0 Å².